The second-order valence-corrected chi connectivity index (χ2v) is 9.44. The molecular weight excluding hydrogens is 482 g/mol. The average Bonchev–Trinajstić information content (AvgIpc) is 2.44. The quantitative estimate of drug-likeness (QED) is 0.479. The molecule has 2 aromatic carbocycles. The topological polar surface area (TPSA) is 18.5 Å². The van der Waals surface area contributed by atoms with E-state index in [1.165, 1.54) is 12.3 Å². The van der Waals surface area contributed by atoms with Crippen LogP contribution >= 0.6 is 45.2 Å². The summed E-state index contributed by atoms with van der Waals surface area (Å²) in [5.41, 5.74) is 0. The Labute approximate surface area is 142 Å². The molecule has 5 heteroatoms. The van der Waals surface area contributed by atoms with Gasteiger partial charge in [0, 0.05) is 26.5 Å². The maximum absolute atomic E-state index is 5.93. The number of halogens is 2. The summed E-state index contributed by atoms with van der Waals surface area (Å²) in [6, 6.07) is 16.5. The lowest BCUT2D eigenvalue weighted by Gasteiger charge is -2.29. The molecule has 0 aromatic heterocycles. The van der Waals surface area contributed by atoms with Gasteiger partial charge in [-0.2, -0.15) is 0 Å². The molecule has 100 valence electrons. The van der Waals surface area contributed by atoms with Crippen LogP contribution in [0.1, 0.15) is 0 Å². The zero-order valence-electron chi connectivity index (χ0n) is 10.7. The fourth-order valence-corrected chi connectivity index (χ4v) is 8.54. The minimum absolute atomic E-state index is 1.13. The minimum Gasteiger partial charge on any atom is -0.391 e. The van der Waals surface area contributed by atoms with Crippen LogP contribution in [0.3, 0.4) is 0 Å². The SMILES string of the molecule is CO[Si](OC)(c1ccccc1)c1c(I)cccc1I. The van der Waals surface area contributed by atoms with Gasteiger partial charge < -0.3 is 8.85 Å². The maximum Gasteiger partial charge on any atom is 0.408 e. The lowest BCUT2D eigenvalue weighted by Crippen LogP contribution is -2.64. The lowest BCUT2D eigenvalue weighted by molar-refractivity contribution is 0.272. The molecule has 0 saturated heterocycles. The molecular formula is C14H14I2O2Si. The van der Waals surface area contributed by atoms with Gasteiger partial charge in [-0.05, 0) is 62.5 Å². The molecule has 0 unspecified atom stereocenters. The second-order valence-electron chi connectivity index (χ2n) is 3.99. The number of hydrogen-bond donors (Lipinski definition) is 0. The van der Waals surface area contributed by atoms with Crippen molar-refractivity contribution in [3.05, 3.63) is 55.7 Å². The van der Waals surface area contributed by atoms with Gasteiger partial charge in [0.25, 0.3) is 0 Å². The van der Waals surface area contributed by atoms with Crippen molar-refractivity contribution >= 4 is 64.1 Å². The monoisotopic (exact) mass is 496 g/mol. The Bertz CT molecular complexity index is 536. The molecule has 19 heavy (non-hydrogen) atoms. The standard InChI is InChI=1S/C14H14I2O2Si/c1-17-19(18-2,11-7-4-3-5-8-11)14-12(15)9-6-10-13(14)16/h3-10H,1-2H3. The summed E-state index contributed by atoms with van der Waals surface area (Å²) in [4.78, 5) is 0. The van der Waals surface area contributed by atoms with Crippen LogP contribution in [0.25, 0.3) is 0 Å². The van der Waals surface area contributed by atoms with Gasteiger partial charge in [-0.1, -0.05) is 36.4 Å². The molecule has 0 heterocycles. The highest BCUT2D eigenvalue weighted by Crippen LogP contribution is 2.17. The summed E-state index contributed by atoms with van der Waals surface area (Å²) in [5.74, 6) is 0. The first kappa shape index (κ1) is 15.4. The van der Waals surface area contributed by atoms with Crippen molar-refractivity contribution in [2.75, 3.05) is 14.2 Å². The Morgan fingerprint density at radius 2 is 1.32 bits per heavy atom. The van der Waals surface area contributed by atoms with Crippen LogP contribution in [0, 0.1) is 7.14 Å². The molecule has 0 radical (unpaired) electrons. The van der Waals surface area contributed by atoms with E-state index in [4.69, 9.17) is 8.85 Å². The van der Waals surface area contributed by atoms with Crippen molar-refractivity contribution < 1.29 is 8.85 Å². The second kappa shape index (κ2) is 6.66. The van der Waals surface area contributed by atoms with E-state index in [1.807, 2.05) is 18.2 Å². The van der Waals surface area contributed by atoms with Crippen LogP contribution in [0.5, 0.6) is 0 Å². The van der Waals surface area contributed by atoms with Gasteiger partial charge in [-0.3, -0.25) is 0 Å². The minimum atomic E-state index is -2.60. The van der Waals surface area contributed by atoms with Crippen molar-refractivity contribution in [3.8, 4) is 0 Å². The highest BCUT2D eigenvalue weighted by atomic mass is 127. The first-order chi connectivity index (χ1) is 9.15. The molecule has 0 aliphatic carbocycles. The predicted octanol–water partition coefficient (Wildman–Crippen LogP) is 2.75. The molecule has 0 amide bonds. The van der Waals surface area contributed by atoms with Gasteiger partial charge in [0.2, 0.25) is 0 Å². The van der Waals surface area contributed by atoms with Crippen molar-refractivity contribution in [1.82, 2.24) is 0 Å². The fourth-order valence-electron chi connectivity index (χ4n) is 2.14. The van der Waals surface area contributed by atoms with Gasteiger partial charge in [0.1, 0.15) is 0 Å². The predicted molar refractivity (Wildman–Crippen MR) is 97.4 cm³/mol. The largest absolute Gasteiger partial charge is 0.408 e. The molecule has 0 aliphatic rings. The third-order valence-electron chi connectivity index (χ3n) is 3.02. The Morgan fingerprint density at radius 1 is 0.789 bits per heavy atom. The Kier molecular flexibility index (Phi) is 5.41. The van der Waals surface area contributed by atoms with E-state index < -0.39 is 8.56 Å². The summed E-state index contributed by atoms with van der Waals surface area (Å²) in [7, 11) is 0.876. The van der Waals surface area contributed by atoms with E-state index in [0.717, 1.165) is 5.19 Å². The maximum atomic E-state index is 5.93. The smallest absolute Gasteiger partial charge is 0.391 e. The molecule has 0 atom stereocenters. The molecule has 0 spiro atoms. The Hall–Kier alpha value is 0.0369. The molecule has 2 rings (SSSR count). The first-order valence-electron chi connectivity index (χ1n) is 5.76. The van der Waals surface area contributed by atoms with Crippen LogP contribution in [-0.2, 0) is 8.85 Å². The summed E-state index contributed by atoms with van der Waals surface area (Å²) >= 11 is 4.71. The van der Waals surface area contributed by atoms with Crippen LogP contribution in [0.15, 0.2) is 48.5 Å². The summed E-state index contributed by atoms with van der Waals surface area (Å²) in [6.07, 6.45) is 0. The van der Waals surface area contributed by atoms with E-state index in [1.54, 1.807) is 14.2 Å². The number of rotatable bonds is 4. The molecule has 2 aromatic rings. The van der Waals surface area contributed by atoms with Crippen LogP contribution < -0.4 is 10.4 Å². The lowest BCUT2D eigenvalue weighted by atomic mass is 10.4. The van der Waals surface area contributed by atoms with Gasteiger partial charge in [0.15, 0.2) is 0 Å². The summed E-state index contributed by atoms with van der Waals surface area (Å²) < 4.78 is 14.2. The molecule has 0 N–H and O–H groups in total. The van der Waals surface area contributed by atoms with Crippen molar-refractivity contribution in [3.63, 3.8) is 0 Å². The van der Waals surface area contributed by atoms with E-state index in [0.29, 0.717) is 0 Å². The van der Waals surface area contributed by atoms with Crippen LogP contribution in [0.2, 0.25) is 0 Å². The Balaban J connectivity index is 2.70. The molecule has 0 fully saturated rings. The molecule has 0 saturated carbocycles. The average molecular weight is 496 g/mol. The molecule has 0 aliphatic heterocycles. The van der Waals surface area contributed by atoms with E-state index in [-0.39, 0.29) is 0 Å². The van der Waals surface area contributed by atoms with Crippen molar-refractivity contribution in [2.45, 2.75) is 0 Å². The Morgan fingerprint density at radius 3 is 1.79 bits per heavy atom. The third kappa shape index (κ3) is 2.89. The van der Waals surface area contributed by atoms with E-state index in [9.17, 15) is 0 Å². The summed E-state index contributed by atoms with van der Waals surface area (Å²) in [6.45, 7) is 0. The molecule has 0 bridgehead atoms. The van der Waals surface area contributed by atoms with Crippen LogP contribution in [0.4, 0.5) is 0 Å². The van der Waals surface area contributed by atoms with Crippen molar-refractivity contribution in [2.24, 2.45) is 0 Å². The zero-order chi connectivity index (χ0) is 13.9. The number of benzene rings is 2. The first-order valence-corrected chi connectivity index (χ1v) is 9.73. The highest BCUT2D eigenvalue weighted by Gasteiger charge is 2.43. The van der Waals surface area contributed by atoms with Gasteiger partial charge >= 0.3 is 8.56 Å². The van der Waals surface area contributed by atoms with Gasteiger partial charge in [-0.15, -0.1) is 0 Å². The normalized spacial score (nSPS) is 11.6. The van der Waals surface area contributed by atoms with E-state index in [2.05, 4.69) is 75.5 Å². The van der Waals surface area contributed by atoms with E-state index >= 15 is 0 Å². The summed E-state index contributed by atoms with van der Waals surface area (Å²) in [5, 5.41) is 2.31. The van der Waals surface area contributed by atoms with Crippen LogP contribution in [-0.4, -0.2) is 22.8 Å². The zero-order valence-corrected chi connectivity index (χ0v) is 16.0. The fraction of sp³-hybridized carbons (Fsp3) is 0.143. The van der Waals surface area contributed by atoms with Crippen molar-refractivity contribution in [1.29, 1.82) is 0 Å². The molecule has 2 nitrogen and oxygen atoms in total. The third-order valence-corrected chi connectivity index (χ3v) is 9.28. The number of hydrogen-bond acceptors (Lipinski definition) is 2. The van der Waals surface area contributed by atoms with Gasteiger partial charge in [0.05, 0.1) is 0 Å². The van der Waals surface area contributed by atoms with Gasteiger partial charge in [-0.25, -0.2) is 0 Å². The highest BCUT2D eigenvalue weighted by molar-refractivity contribution is 14.1.